The zero-order chi connectivity index (χ0) is 13.2. The third kappa shape index (κ3) is 1.87. The lowest BCUT2D eigenvalue weighted by Crippen LogP contribution is -1.92. The lowest BCUT2D eigenvalue weighted by atomic mass is 10.2. The zero-order valence-corrected chi connectivity index (χ0v) is 10.1. The molecule has 1 aromatic carbocycles. The van der Waals surface area contributed by atoms with Gasteiger partial charge < -0.3 is 4.74 Å². The van der Waals surface area contributed by atoms with Crippen molar-refractivity contribution in [2.24, 2.45) is 0 Å². The van der Waals surface area contributed by atoms with Crippen molar-refractivity contribution in [1.29, 1.82) is 5.26 Å². The van der Waals surface area contributed by atoms with E-state index >= 15 is 0 Å². The topological polar surface area (TPSA) is 76.1 Å². The molecule has 0 aliphatic carbocycles. The molecule has 0 saturated carbocycles. The molecule has 19 heavy (non-hydrogen) atoms. The van der Waals surface area contributed by atoms with E-state index in [4.69, 9.17) is 10.00 Å². The fourth-order valence-electron chi connectivity index (χ4n) is 1.80. The number of ether oxygens (including phenoxy) is 1. The quantitative estimate of drug-likeness (QED) is 0.692. The van der Waals surface area contributed by atoms with E-state index in [2.05, 4.69) is 15.1 Å². The Morgan fingerprint density at radius 2 is 2.16 bits per heavy atom. The summed E-state index contributed by atoms with van der Waals surface area (Å²) in [5.74, 6) is 1.24. The number of hydrogen-bond acceptors (Lipinski definition) is 5. The predicted octanol–water partition coefficient (Wildman–Crippen LogP) is 1.67. The Morgan fingerprint density at radius 3 is 2.95 bits per heavy atom. The SMILES string of the molecule is COc1ccccc1-c1nc2cnc(C#N)cn2n1. The highest BCUT2D eigenvalue weighted by atomic mass is 16.5. The Balaban J connectivity index is 2.18. The monoisotopic (exact) mass is 251 g/mol. The van der Waals surface area contributed by atoms with Gasteiger partial charge in [0.1, 0.15) is 11.8 Å². The average Bonchev–Trinajstić information content (AvgIpc) is 2.89. The molecule has 6 nitrogen and oxygen atoms in total. The maximum absolute atomic E-state index is 8.81. The first-order valence-electron chi connectivity index (χ1n) is 5.58. The van der Waals surface area contributed by atoms with Gasteiger partial charge in [-0.3, -0.25) is 0 Å². The van der Waals surface area contributed by atoms with Crippen molar-refractivity contribution in [3.8, 4) is 23.2 Å². The summed E-state index contributed by atoms with van der Waals surface area (Å²) in [6.07, 6.45) is 3.06. The molecule has 92 valence electrons. The van der Waals surface area contributed by atoms with E-state index in [1.54, 1.807) is 13.3 Å². The van der Waals surface area contributed by atoms with Crippen LogP contribution in [0.2, 0.25) is 0 Å². The number of benzene rings is 1. The van der Waals surface area contributed by atoms with Gasteiger partial charge in [0.05, 0.1) is 25.1 Å². The molecule has 2 heterocycles. The van der Waals surface area contributed by atoms with E-state index in [0.29, 0.717) is 22.9 Å². The van der Waals surface area contributed by atoms with Crippen LogP contribution in [0.1, 0.15) is 5.69 Å². The van der Waals surface area contributed by atoms with E-state index in [9.17, 15) is 0 Å². The summed E-state index contributed by atoms with van der Waals surface area (Å²) >= 11 is 0. The Morgan fingerprint density at radius 1 is 1.32 bits per heavy atom. The number of nitrogens with zero attached hydrogens (tertiary/aromatic N) is 5. The number of methoxy groups -OCH3 is 1. The van der Waals surface area contributed by atoms with Crippen LogP contribution in [0.5, 0.6) is 5.75 Å². The lowest BCUT2D eigenvalue weighted by Gasteiger charge is -2.03. The Labute approximate surface area is 108 Å². The standard InChI is InChI=1S/C13H9N5O/c1-19-11-5-3-2-4-10(11)13-16-12-7-15-9(6-14)8-18(12)17-13/h2-5,7-8H,1H3. The van der Waals surface area contributed by atoms with Crippen molar-refractivity contribution in [2.45, 2.75) is 0 Å². The van der Waals surface area contributed by atoms with Gasteiger partial charge in [-0.25, -0.2) is 14.5 Å². The van der Waals surface area contributed by atoms with Crippen molar-refractivity contribution in [2.75, 3.05) is 7.11 Å². The fourth-order valence-corrected chi connectivity index (χ4v) is 1.80. The summed E-state index contributed by atoms with van der Waals surface area (Å²) in [7, 11) is 1.60. The minimum absolute atomic E-state index is 0.295. The van der Waals surface area contributed by atoms with Gasteiger partial charge in [0, 0.05) is 0 Å². The first kappa shape index (κ1) is 11.2. The van der Waals surface area contributed by atoms with Crippen molar-refractivity contribution in [3.63, 3.8) is 0 Å². The second kappa shape index (κ2) is 4.38. The van der Waals surface area contributed by atoms with Crippen LogP contribution < -0.4 is 4.74 Å². The number of hydrogen-bond donors (Lipinski definition) is 0. The highest BCUT2D eigenvalue weighted by molar-refractivity contribution is 5.65. The van der Waals surface area contributed by atoms with Crippen LogP contribution in [-0.2, 0) is 0 Å². The largest absolute Gasteiger partial charge is 0.496 e. The maximum Gasteiger partial charge on any atom is 0.185 e. The molecule has 3 rings (SSSR count). The summed E-state index contributed by atoms with van der Waals surface area (Å²) in [5, 5.41) is 13.1. The molecule has 6 heteroatoms. The lowest BCUT2D eigenvalue weighted by molar-refractivity contribution is 0.416. The summed E-state index contributed by atoms with van der Waals surface area (Å²) in [6, 6.07) is 9.47. The van der Waals surface area contributed by atoms with Gasteiger partial charge in [-0.1, -0.05) is 12.1 Å². The smallest absolute Gasteiger partial charge is 0.185 e. The fraction of sp³-hybridized carbons (Fsp3) is 0.0769. The third-order valence-electron chi connectivity index (χ3n) is 2.68. The molecular weight excluding hydrogens is 242 g/mol. The molecule has 0 saturated heterocycles. The van der Waals surface area contributed by atoms with Crippen LogP contribution in [-0.4, -0.2) is 26.7 Å². The van der Waals surface area contributed by atoms with Crippen molar-refractivity contribution >= 4 is 5.65 Å². The van der Waals surface area contributed by atoms with E-state index in [1.807, 2.05) is 30.3 Å². The normalized spacial score (nSPS) is 10.3. The van der Waals surface area contributed by atoms with Gasteiger partial charge in [0.25, 0.3) is 0 Å². The molecule has 0 aliphatic heterocycles. The third-order valence-corrected chi connectivity index (χ3v) is 2.68. The average molecular weight is 251 g/mol. The van der Waals surface area contributed by atoms with Gasteiger partial charge in [-0.2, -0.15) is 5.26 Å². The molecular formula is C13H9N5O. The van der Waals surface area contributed by atoms with E-state index in [-0.39, 0.29) is 0 Å². The molecule has 0 N–H and O–H groups in total. The number of para-hydroxylation sites is 1. The summed E-state index contributed by atoms with van der Waals surface area (Å²) in [5.41, 5.74) is 1.68. The maximum atomic E-state index is 8.81. The molecule has 0 radical (unpaired) electrons. The summed E-state index contributed by atoms with van der Waals surface area (Å²) < 4.78 is 6.82. The minimum Gasteiger partial charge on any atom is -0.496 e. The number of aromatic nitrogens is 4. The first-order chi connectivity index (χ1) is 9.31. The Kier molecular flexibility index (Phi) is 2.58. The summed E-state index contributed by atoms with van der Waals surface area (Å²) in [6.45, 7) is 0. The Hall–Kier alpha value is -2.94. The highest BCUT2D eigenvalue weighted by Gasteiger charge is 2.11. The molecule has 0 amide bonds. The predicted molar refractivity (Wildman–Crippen MR) is 67.5 cm³/mol. The second-order valence-electron chi connectivity index (χ2n) is 3.82. The van der Waals surface area contributed by atoms with Gasteiger partial charge >= 0.3 is 0 Å². The van der Waals surface area contributed by atoms with Gasteiger partial charge in [0.15, 0.2) is 17.2 Å². The highest BCUT2D eigenvalue weighted by Crippen LogP contribution is 2.26. The molecule has 2 aromatic heterocycles. The number of fused-ring (bicyclic) bond motifs is 1. The zero-order valence-electron chi connectivity index (χ0n) is 10.1. The number of nitriles is 1. The Bertz CT molecular complexity index is 787. The van der Waals surface area contributed by atoms with E-state index in [1.165, 1.54) is 10.7 Å². The van der Waals surface area contributed by atoms with Crippen molar-refractivity contribution in [3.05, 3.63) is 42.4 Å². The number of rotatable bonds is 2. The molecule has 0 atom stereocenters. The van der Waals surface area contributed by atoms with E-state index in [0.717, 1.165) is 5.56 Å². The molecule has 3 aromatic rings. The molecule has 0 unspecified atom stereocenters. The van der Waals surface area contributed by atoms with Crippen LogP contribution in [0.3, 0.4) is 0 Å². The van der Waals surface area contributed by atoms with Gasteiger partial charge in [-0.15, -0.1) is 5.10 Å². The van der Waals surface area contributed by atoms with Crippen LogP contribution in [0, 0.1) is 11.3 Å². The van der Waals surface area contributed by atoms with E-state index < -0.39 is 0 Å². The van der Waals surface area contributed by atoms with Crippen LogP contribution >= 0.6 is 0 Å². The van der Waals surface area contributed by atoms with Gasteiger partial charge in [0.2, 0.25) is 0 Å². The molecule has 0 spiro atoms. The van der Waals surface area contributed by atoms with Gasteiger partial charge in [-0.05, 0) is 12.1 Å². The summed E-state index contributed by atoms with van der Waals surface area (Å²) in [4.78, 5) is 8.33. The molecule has 0 aliphatic rings. The van der Waals surface area contributed by atoms with Crippen LogP contribution in [0.25, 0.3) is 17.0 Å². The second-order valence-corrected chi connectivity index (χ2v) is 3.82. The first-order valence-corrected chi connectivity index (χ1v) is 5.58. The van der Waals surface area contributed by atoms with Crippen LogP contribution in [0.4, 0.5) is 0 Å². The molecule has 0 bridgehead atoms. The van der Waals surface area contributed by atoms with Crippen molar-refractivity contribution in [1.82, 2.24) is 19.6 Å². The van der Waals surface area contributed by atoms with Crippen molar-refractivity contribution < 1.29 is 4.74 Å². The molecule has 0 fully saturated rings. The van der Waals surface area contributed by atoms with Crippen LogP contribution in [0.15, 0.2) is 36.7 Å². The minimum atomic E-state index is 0.295.